The van der Waals surface area contributed by atoms with E-state index in [-0.39, 0.29) is 12.8 Å². The number of nitrogens with two attached hydrogens (primary N) is 4. The van der Waals surface area contributed by atoms with Crippen LogP contribution in [-0.4, -0.2) is 36.4 Å². The molecule has 0 radical (unpaired) electrons. The fourth-order valence-corrected chi connectivity index (χ4v) is 6.05. The molecule has 0 heterocycles. The second kappa shape index (κ2) is 10.9. The van der Waals surface area contributed by atoms with Gasteiger partial charge in [0.05, 0.1) is 5.41 Å². The van der Waals surface area contributed by atoms with Crippen molar-refractivity contribution in [2.24, 2.45) is 33.8 Å². The molecular formula is C12H25Cl2F6N4Pt. The molecule has 13 heteroatoms. The zero-order valence-electron chi connectivity index (χ0n) is 13.8. The monoisotopic (exact) mass is 604 g/mol. The van der Waals surface area contributed by atoms with E-state index in [2.05, 4.69) is 0 Å². The van der Waals surface area contributed by atoms with Crippen LogP contribution in [0.2, 0.25) is 0 Å². The predicted octanol–water partition coefficient (Wildman–Crippen LogP) is 2.98. The van der Waals surface area contributed by atoms with Crippen LogP contribution in [0, 0.1) is 10.8 Å². The van der Waals surface area contributed by atoms with Gasteiger partial charge in [0.2, 0.25) is 0 Å². The van der Waals surface area contributed by atoms with Gasteiger partial charge in [-0.1, -0.05) is 6.92 Å². The molecule has 0 aromatic heterocycles. The van der Waals surface area contributed by atoms with Crippen molar-refractivity contribution in [2.45, 2.75) is 43.5 Å². The van der Waals surface area contributed by atoms with Gasteiger partial charge in [-0.3, -0.25) is 0 Å². The fraction of sp³-hybridized carbons (Fsp3) is 1.00. The van der Waals surface area contributed by atoms with Gasteiger partial charge in [0.25, 0.3) is 0 Å². The Hall–Kier alpha value is 0.688. The summed E-state index contributed by atoms with van der Waals surface area (Å²) in [6.45, 7) is 1.36. The molecule has 25 heavy (non-hydrogen) atoms. The Morgan fingerprint density at radius 2 is 1.20 bits per heavy atom. The topological polar surface area (TPSA) is 104 Å². The van der Waals surface area contributed by atoms with Crippen molar-refractivity contribution < 1.29 is 41.6 Å². The molecule has 0 amide bonds. The Kier molecular flexibility index (Phi) is 12.1. The van der Waals surface area contributed by atoms with Crippen LogP contribution in [0.15, 0.2) is 0 Å². The van der Waals surface area contributed by atoms with Gasteiger partial charge in [0, 0.05) is 13.1 Å². The van der Waals surface area contributed by atoms with Crippen molar-refractivity contribution in [1.82, 2.24) is 0 Å². The molecule has 0 aromatic rings. The molecule has 0 saturated heterocycles. The summed E-state index contributed by atoms with van der Waals surface area (Å²) in [5, 5.41) is 0. The van der Waals surface area contributed by atoms with Crippen LogP contribution in [0.1, 0.15) is 26.7 Å². The standard InChI is InChI=1S/C6H13F3N2.C6H12F3N2.2ClH.Pt/c2*1-2-5(3-10,4-11)6(7,8)9;;;/h2-4,10-11H2,1H3;3H,2,4,10-11H2,1H3;2*1H;/q;;;;+2/p-2. The van der Waals surface area contributed by atoms with Gasteiger partial charge < -0.3 is 11.5 Å². The second-order valence-electron chi connectivity index (χ2n) is 5.30. The minimum atomic E-state index is -4.46. The van der Waals surface area contributed by atoms with E-state index in [0.717, 1.165) is 0 Å². The zero-order chi connectivity index (χ0) is 20.7. The van der Waals surface area contributed by atoms with Crippen molar-refractivity contribution in [3.63, 3.8) is 0 Å². The summed E-state index contributed by atoms with van der Waals surface area (Å²) in [7, 11) is 11.0. The van der Waals surface area contributed by atoms with Crippen LogP contribution in [0.25, 0.3) is 0 Å². The van der Waals surface area contributed by atoms with Gasteiger partial charge in [-0.25, -0.2) is 0 Å². The van der Waals surface area contributed by atoms with E-state index in [1.54, 1.807) is 0 Å². The molecule has 2 atom stereocenters. The Morgan fingerprint density at radius 1 is 0.800 bits per heavy atom. The summed E-state index contributed by atoms with van der Waals surface area (Å²) in [6.07, 6.45) is -9.02. The normalized spacial score (nSPS) is 17.3. The van der Waals surface area contributed by atoms with Crippen LogP contribution in [-0.2, 0) is 15.2 Å². The fourth-order valence-electron chi connectivity index (χ4n) is 1.83. The molecule has 0 aliphatic rings. The van der Waals surface area contributed by atoms with Crippen LogP contribution < -0.4 is 22.9 Å². The Bertz CT molecular complexity index is 365. The molecule has 159 valence electrons. The zero-order valence-corrected chi connectivity index (χ0v) is 17.5. The van der Waals surface area contributed by atoms with E-state index in [1.165, 1.54) is 13.8 Å². The average Bonchev–Trinajstić information content (AvgIpc) is 2.49. The van der Waals surface area contributed by atoms with Crippen LogP contribution in [0.5, 0.6) is 0 Å². The summed E-state index contributed by atoms with van der Waals surface area (Å²) in [5.74, 6) is 0. The molecule has 0 saturated carbocycles. The number of halogens is 8. The van der Waals surface area contributed by atoms with Crippen LogP contribution in [0.3, 0.4) is 0 Å². The molecule has 0 fully saturated rings. The van der Waals surface area contributed by atoms with Gasteiger partial charge in [-0.15, -0.1) is 0 Å². The van der Waals surface area contributed by atoms with Crippen molar-refractivity contribution in [2.75, 3.05) is 19.6 Å². The van der Waals surface area contributed by atoms with E-state index in [4.69, 9.17) is 41.8 Å². The van der Waals surface area contributed by atoms with Crippen molar-refractivity contribution >= 4 is 18.8 Å². The predicted molar refractivity (Wildman–Crippen MR) is 84.4 cm³/mol. The van der Waals surface area contributed by atoms with E-state index in [1.807, 2.05) is 0 Å². The first-order chi connectivity index (χ1) is 11.2. The number of rotatable bonds is 7. The molecule has 2 unspecified atom stereocenters. The van der Waals surface area contributed by atoms with Gasteiger partial charge in [-0.05, 0) is 6.42 Å². The number of hydrogen-bond acceptors (Lipinski definition) is 4. The molecule has 0 spiro atoms. The first-order valence-electron chi connectivity index (χ1n) is 7.08. The summed E-state index contributed by atoms with van der Waals surface area (Å²) < 4.78 is 73.6. The van der Waals surface area contributed by atoms with Crippen LogP contribution >= 0.6 is 18.8 Å². The van der Waals surface area contributed by atoms with E-state index < -0.39 is 62.5 Å². The molecular weight excluding hydrogens is 580 g/mol. The molecule has 0 rings (SSSR count). The summed E-state index contributed by atoms with van der Waals surface area (Å²) in [4.78, 5) is 0. The van der Waals surface area contributed by atoms with Gasteiger partial charge in [0.1, 0.15) is 0 Å². The quantitative estimate of drug-likeness (QED) is 0.336. The van der Waals surface area contributed by atoms with Gasteiger partial charge in [-0.2, -0.15) is 13.2 Å². The molecule has 8 N–H and O–H groups in total. The SMILES string of the molecule is CCC(CN)(CN)C(F)(F)F.CCC(CN)([CH](N)[Pt]([Cl])[Cl])C(F)(F)F. The van der Waals surface area contributed by atoms with Gasteiger partial charge >= 0.3 is 101 Å². The molecule has 0 aliphatic carbocycles. The third-order valence-corrected chi connectivity index (χ3v) is 9.02. The van der Waals surface area contributed by atoms with Crippen molar-refractivity contribution in [1.29, 1.82) is 0 Å². The van der Waals surface area contributed by atoms with E-state index >= 15 is 0 Å². The summed E-state index contributed by atoms with van der Waals surface area (Å²) in [5.41, 5.74) is 16.6. The van der Waals surface area contributed by atoms with E-state index in [9.17, 15) is 26.3 Å². The average molecular weight is 605 g/mol. The second-order valence-corrected chi connectivity index (χ2v) is 13.2. The first kappa shape index (κ1) is 27.9. The van der Waals surface area contributed by atoms with Gasteiger partial charge in [0.15, 0.2) is 0 Å². The van der Waals surface area contributed by atoms with Crippen molar-refractivity contribution in [3.8, 4) is 0 Å². The summed E-state index contributed by atoms with van der Waals surface area (Å²) >= 11 is -2.78. The maximum atomic E-state index is 12.7. The van der Waals surface area contributed by atoms with Crippen LogP contribution in [0.4, 0.5) is 26.3 Å². The number of alkyl halides is 6. The Labute approximate surface area is 157 Å². The van der Waals surface area contributed by atoms with E-state index in [0.29, 0.717) is 0 Å². The Morgan fingerprint density at radius 3 is 1.24 bits per heavy atom. The molecule has 0 aromatic carbocycles. The third-order valence-electron chi connectivity index (χ3n) is 4.26. The first-order valence-corrected chi connectivity index (χ1v) is 14.0. The summed E-state index contributed by atoms with van der Waals surface area (Å²) in [6, 6.07) is 0. The molecule has 0 aliphatic heterocycles. The molecule has 4 nitrogen and oxygen atoms in total. The number of hydrogen-bond donors (Lipinski definition) is 4. The minimum absolute atomic E-state index is 0.0660. The third kappa shape index (κ3) is 6.66. The Balaban J connectivity index is 0. The molecule has 0 bridgehead atoms. The van der Waals surface area contributed by atoms with Crippen molar-refractivity contribution in [3.05, 3.63) is 0 Å². The maximum absolute atomic E-state index is 12.7.